The number of hydrogen-bond donors (Lipinski definition) is 2. The summed E-state index contributed by atoms with van der Waals surface area (Å²) in [5.41, 5.74) is 1.01. The second-order valence-corrected chi connectivity index (χ2v) is 11.0. The standard InChI is InChI=1S/C23H25N3O5S2/c1-15(27)16-7-6-8-17(13-16)25-33(30,31)18-9-10-20-19(14-18)24-22(28)21(32-20)23(29)26-11-4-2-3-5-12-26/h6-10,13-14,21,25H,2-5,11-12H2,1H3,(H,24,28)/t21-/m1/s1. The Morgan fingerprint density at radius 1 is 1.06 bits per heavy atom. The van der Waals surface area contributed by atoms with E-state index in [-0.39, 0.29) is 22.3 Å². The number of nitrogens with zero attached hydrogens (tertiary/aromatic N) is 1. The number of amides is 2. The van der Waals surface area contributed by atoms with Crippen LogP contribution in [0.1, 0.15) is 43.0 Å². The van der Waals surface area contributed by atoms with E-state index in [0.29, 0.717) is 29.2 Å². The summed E-state index contributed by atoms with van der Waals surface area (Å²) in [6, 6.07) is 10.6. The molecule has 10 heteroatoms. The van der Waals surface area contributed by atoms with Crippen molar-refractivity contribution in [2.75, 3.05) is 23.1 Å². The van der Waals surface area contributed by atoms with Gasteiger partial charge in [-0.2, -0.15) is 0 Å². The van der Waals surface area contributed by atoms with Gasteiger partial charge in [0.05, 0.1) is 10.6 Å². The van der Waals surface area contributed by atoms with Gasteiger partial charge in [-0.25, -0.2) is 8.42 Å². The molecule has 2 heterocycles. The topological polar surface area (TPSA) is 113 Å². The van der Waals surface area contributed by atoms with Gasteiger partial charge in [0.2, 0.25) is 11.8 Å². The Kier molecular flexibility index (Phi) is 6.76. The van der Waals surface area contributed by atoms with Crippen LogP contribution in [0, 0.1) is 0 Å². The molecule has 0 unspecified atom stereocenters. The number of Topliss-reactive ketones (excluding diaryl/α,β-unsaturated/α-hetero) is 1. The van der Waals surface area contributed by atoms with Crippen LogP contribution in [0.5, 0.6) is 0 Å². The number of sulfonamides is 1. The number of carbonyl (C=O) groups is 3. The highest BCUT2D eigenvalue weighted by atomic mass is 32.2. The van der Waals surface area contributed by atoms with Crippen LogP contribution in [-0.2, 0) is 19.6 Å². The van der Waals surface area contributed by atoms with Gasteiger partial charge in [-0.05, 0) is 50.1 Å². The molecule has 0 aliphatic carbocycles. The summed E-state index contributed by atoms with van der Waals surface area (Å²) in [6.45, 7) is 2.72. The number of nitrogens with one attached hydrogen (secondary N) is 2. The third-order valence-electron chi connectivity index (χ3n) is 5.67. The SMILES string of the molecule is CC(=O)c1cccc(NS(=O)(=O)c2ccc3c(c2)NC(=O)[C@H](C(=O)N2CCCCCC2)S3)c1. The van der Waals surface area contributed by atoms with Crippen LogP contribution in [-0.4, -0.2) is 49.3 Å². The molecule has 1 saturated heterocycles. The van der Waals surface area contributed by atoms with Crippen molar-refractivity contribution in [1.82, 2.24) is 4.90 Å². The van der Waals surface area contributed by atoms with E-state index >= 15 is 0 Å². The van der Waals surface area contributed by atoms with Crippen molar-refractivity contribution < 1.29 is 22.8 Å². The van der Waals surface area contributed by atoms with Crippen molar-refractivity contribution in [3.05, 3.63) is 48.0 Å². The Labute approximate surface area is 197 Å². The fraction of sp³-hybridized carbons (Fsp3) is 0.348. The van der Waals surface area contributed by atoms with Crippen LogP contribution in [0.4, 0.5) is 11.4 Å². The average molecular weight is 488 g/mol. The number of likely N-dealkylation sites (tertiary alicyclic amines) is 1. The van der Waals surface area contributed by atoms with Gasteiger partial charge in [0.25, 0.3) is 10.0 Å². The van der Waals surface area contributed by atoms with E-state index in [2.05, 4.69) is 10.0 Å². The molecule has 2 aliphatic rings. The van der Waals surface area contributed by atoms with Crippen molar-refractivity contribution in [2.45, 2.75) is 47.6 Å². The number of fused-ring (bicyclic) bond motifs is 1. The third kappa shape index (κ3) is 5.22. The monoisotopic (exact) mass is 487 g/mol. The second kappa shape index (κ2) is 9.56. The quantitative estimate of drug-likeness (QED) is 0.493. The Bertz CT molecular complexity index is 1200. The zero-order valence-corrected chi connectivity index (χ0v) is 19.8. The molecule has 0 spiro atoms. The summed E-state index contributed by atoms with van der Waals surface area (Å²) in [4.78, 5) is 39.6. The molecule has 33 heavy (non-hydrogen) atoms. The molecule has 2 amide bonds. The normalized spacial score (nSPS) is 18.6. The lowest BCUT2D eigenvalue weighted by molar-refractivity contribution is -0.133. The van der Waals surface area contributed by atoms with E-state index in [1.165, 1.54) is 25.1 Å². The zero-order valence-electron chi connectivity index (χ0n) is 18.2. The van der Waals surface area contributed by atoms with Crippen molar-refractivity contribution in [3.63, 3.8) is 0 Å². The minimum Gasteiger partial charge on any atom is -0.341 e. The molecule has 0 aromatic heterocycles. The molecule has 2 aromatic carbocycles. The van der Waals surface area contributed by atoms with E-state index in [1.54, 1.807) is 29.2 Å². The van der Waals surface area contributed by atoms with Crippen LogP contribution in [0.15, 0.2) is 52.3 Å². The van der Waals surface area contributed by atoms with E-state index in [4.69, 9.17) is 0 Å². The van der Waals surface area contributed by atoms with E-state index in [1.807, 2.05) is 0 Å². The number of thioether (sulfide) groups is 1. The lowest BCUT2D eigenvalue weighted by Gasteiger charge is -2.28. The number of hydrogen-bond acceptors (Lipinski definition) is 6. The predicted octanol–water partition coefficient (Wildman–Crippen LogP) is 3.51. The molecule has 2 N–H and O–H groups in total. The van der Waals surface area contributed by atoms with Gasteiger partial charge >= 0.3 is 0 Å². The Morgan fingerprint density at radius 3 is 2.48 bits per heavy atom. The largest absolute Gasteiger partial charge is 0.341 e. The maximum Gasteiger partial charge on any atom is 0.261 e. The lowest BCUT2D eigenvalue weighted by Crippen LogP contribution is -2.45. The molecule has 2 aliphatic heterocycles. The summed E-state index contributed by atoms with van der Waals surface area (Å²) in [7, 11) is -3.95. The lowest BCUT2D eigenvalue weighted by atomic mass is 10.1. The first-order chi connectivity index (χ1) is 15.7. The molecule has 2 aromatic rings. The molecule has 8 nitrogen and oxygen atoms in total. The van der Waals surface area contributed by atoms with Crippen LogP contribution >= 0.6 is 11.8 Å². The minimum absolute atomic E-state index is 0.0346. The Morgan fingerprint density at radius 2 is 1.79 bits per heavy atom. The average Bonchev–Trinajstić information content (AvgIpc) is 3.07. The number of ketones is 1. The van der Waals surface area contributed by atoms with Gasteiger partial charge in [0, 0.05) is 29.2 Å². The summed E-state index contributed by atoms with van der Waals surface area (Å²) in [5, 5.41) is 1.82. The van der Waals surface area contributed by atoms with Gasteiger partial charge in [-0.15, -0.1) is 11.8 Å². The van der Waals surface area contributed by atoms with Crippen molar-refractivity contribution in [2.24, 2.45) is 0 Å². The molecular weight excluding hydrogens is 462 g/mol. The summed E-state index contributed by atoms with van der Waals surface area (Å²) in [5.74, 6) is -0.818. The number of anilines is 2. The molecule has 4 rings (SSSR count). The van der Waals surface area contributed by atoms with Crippen molar-refractivity contribution in [1.29, 1.82) is 0 Å². The number of carbonyl (C=O) groups excluding carboxylic acids is 3. The fourth-order valence-corrected chi connectivity index (χ4v) is 6.02. The van der Waals surface area contributed by atoms with Crippen LogP contribution < -0.4 is 10.0 Å². The second-order valence-electron chi connectivity index (χ2n) is 8.13. The highest BCUT2D eigenvalue weighted by molar-refractivity contribution is 8.01. The van der Waals surface area contributed by atoms with Gasteiger partial charge in [-0.3, -0.25) is 19.1 Å². The zero-order chi connectivity index (χ0) is 23.6. The summed E-state index contributed by atoms with van der Waals surface area (Å²) in [6.07, 6.45) is 4.04. The van der Waals surface area contributed by atoms with Crippen LogP contribution in [0.2, 0.25) is 0 Å². The number of rotatable bonds is 5. The highest BCUT2D eigenvalue weighted by Crippen LogP contribution is 2.38. The molecular formula is C23H25N3O5S2. The molecule has 0 saturated carbocycles. The van der Waals surface area contributed by atoms with E-state index < -0.39 is 21.2 Å². The smallest absolute Gasteiger partial charge is 0.261 e. The van der Waals surface area contributed by atoms with Gasteiger partial charge < -0.3 is 10.2 Å². The fourth-order valence-electron chi connectivity index (χ4n) is 3.89. The molecule has 0 bridgehead atoms. The van der Waals surface area contributed by atoms with E-state index in [0.717, 1.165) is 37.4 Å². The highest BCUT2D eigenvalue weighted by Gasteiger charge is 2.36. The first-order valence-electron chi connectivity index (χ1n) is 10.8. The van der Waals surface area contributed by atoms with Gasteiger partial charge in [-0.1, -0.05) is 25.0 Å². The summed E-state index contributed by atoms with van der Waals surface area (Å²) >= 11 is 1.15. The van der Waals surface area contributed by atoms with Crippen molar-refractivity contribution >= 4 is 50.8 Å². The molecule has 1 fully saturated rings. The maximum absolute atomic E-state index is 12.9. The van der Waals surface area contributed by atoms with Crippen LogP contribution in [0.3, 0.4) is 0 Å². The maximum atomic E-state index is 12.9. The van der Waals surface area contributed by atoms with Crippen LogP contribution in [0.25, 0.3) is 0 Å². The van der Waals surface area contributed by atoms with Gasteiger partial charge in [0.1, 0.15) is 0 Å². The molecule has 174 valence electrons. The summed E-state index contributed by atoms with van der Waals surface area (Å²) < 4.78 is 28.2. The number of benzene rings is 2. The molecule has 0 radical (unpaired) electrons. The molecule has 1 atom stereocenters. The first kappa shape index (κ1) is 23.3. The first-order valence-corrected chi connectivity index (χ1v) is 13.1. The van der Waals surface area contributed by atoms with E-state index in [9.17, 15) is 22.8 Å². The van der Waals surface area contributed by atoms with Crippen molar-refractivity contribution in [3.8, 4) is 0 Å². The Balaban J connectivity index is 1.53. The third-order valence-corrected chi connectivity index (χ3v) is 8.31. The minimum atomic E-state index is -3.95. The predicted molar refractivity (Wildman–Crippen MR) is 127 cm³/mol. The van der Waals surface area contributed by atoms with Gasteiger partial charge in [0.15, 0.2) is 11.0 Å². The Hall–Kier alpha value is -2.85.